The van der Waals surface area contributed by atoms with Gasteiger partial charge in [-0.25, -0.2) is 0 Å². The topological polar surface area (TPSA) is 17.0 Å². The highest BCUT2D eigenvalue weighted by atomic mass is 15.1. The van der Waals surface area contributed by atoms with E-state index < -0.39 is 0 Å². The van der Waals surface area contributed by atoms with Crippen molar-refractivity contribution < 1.29 is 0 Å². The predicted octanol–water partition coefficient (Wildman–Crippen LogP) is -0.524. The Morgan fingerprint density at radius 3 is 3.46 bits per heavy atom. The minimum Gasteiger partial charge on any atom is -0.341 e. The van der Waals surface area contributed by atoms with Gasteiger partial charge in [0.1, 0.15) is 0 Å². The van der Waals surface area contributed by atoms with Crippen LogP contribution in [0.25, 0.3) is 11.8 Å². The van der Waals surface area contributed by atoms with Gasteiger partial charge >= 0.3 is 0 Å². The zero-order valence-electron chi connectivity index (χ0n) is 7.30. The summed E-state index contributed by atoms with van der Waals surface area (Å²) in [5, 5.41) is 5.83. The summed E-state index contributed by atoms with van der Waals surface area (Å²) in [6, 6.07) is 2.19. The molecule has 1 aromatic heterocycles. The molecule has 0 radical (unpaired) electrons. The first kappa shape index (κ1) is 6.99. The van der Waals surface area contributed by atoms with Crippen molar-refractivity contribution >= 4 is 11.8 Å². The van der Waals surface area contributed by atoms with Gasteiger partial charge in [0.2, 0.25) is 0 Å². The molecule has 2 aliphatic rings. The molecule has 1 aliphatic heterocycles. The van der Waals surface area contributed by atoms with E-state index >= 15 is 0 Å². The first-order chi connectivity index (χ1) is 6.45. The van der Waals surface area contributed by atoms with Crippen LogP contribution in [-0.4, -0.2) is 11.1 Å². The molecule has 0 unspecified atom stereocenters. The highest BCUT2D eigenvalue weighted by Crippen LogP contribution is 1.98. The van der Waals surface area contributed by atoms with E-state index in [0.717, 1.165) is 19.6 Å². The van der Waals surface area contributed by atoms with Crippen LogP contribution < -0.4 is 15.9 Å². The molecule has 0 spiro atoms. The second-order valence-corrected chi connectivity index (χ2v) is 3.37. The molecule has 1 N–H and O–H groups in total. The summed E-state index contributed by atoms with van der Waals surface area (Å²) in [6.07, 6.45) is 4.04. The van der Waals surface area contributed by atoms with Crippen LogP contribution in [0.2, 0.25) is 0 Å². The molecular formula is C11H10N2. The van der Waals surface area contributed by atoms with Crippen molar-refractivity contribution in [2.45, 2.75) is 13.1 Å². The SMILES string of the molecule is C1=C=c2cc3n(c2=CC=1)CCNC3. The Bertz CT molecular complexity index is 535. The number of nitrogens with one attached hydrogen (secondary N) is 1. The minimum absolute atomic E-state index is 0.975. The molecule has 1 aromatic rings. The zero-order chi connectivity index (χ0) is 8.67. The summed E-state index contributed by atoms with van der Waals surface area (Å²) in [7, 11) is 0. The van der Waals surface area contributed by atoms with E-state index in [9.17, 15) is 0 Å². The molecule has 2 heteroatoms. The zero-order valence-corrected chi connectivity index (χ0v) is 7.30. The van der Waals surface area contributed by atoms with Crippen LogP contribution in [0, 0.1) is 0 Å². The van der Waals surface area contributed by atoms with Crippen molar-refractivity contribution in [3.8, 4) is 0 Å². The Hall–Kier alpha value is -1.46. The second kappa shape index (κ2) is 2.51. The Morgan fingerprint density at radius 2 is 2.46 bits per heavy atom. The third kappa shape index (κ3) is 0.944. The minimum atomic E-state index is 0.975. The third-order valence-corrected chi connectivity index (χ3v) is 2.57. The van der Waals surface area contributed by atoms with Crippen LogP contribution in [0.5, 0.6) is 0 Å². The fraction of sp³-hybridized carbons (Fsp3) is 0.273. The predicted molar refractivity (Wildman–Crippen MR) is 51.3 cm³/mol. The molecule has 0 saturated heterocycles. The quantitative estimate of drug-likeness (QED) is 0.518. The lowest BCUT2D eigenvalue weighted by molar-refractivity contribution is 0.508. The monoisotopic (exact) mass is 170 g/mol. The maximum atomic E-state index is 3.36. The lowest BCUT2D eigenvalue weighted by atomic mass is 10.3. The summed E-state index contributed by atoms with van der Waals surface area (Å²) >= 11 is 0. The van der Waals surface area contributed by atoms with Gasteiger partial charge in [-0.3, -0.25) is 0 Å². The first-order valence-corrected chi connectivity index (χ1v) is 4.56. The highest BCUT2D eigenvalue weighted by molar-refractivity contribution is 5.43. The molecule has 0 fully saturated rings. The Kier molecular flexibility index (Phi) is 1.35. The van der Waals surface area contributed by atoms with Gasteiger partial charge in [-0.05, 0) is 18.2 Å². The van der Waals surface area contributed by atoms with Crippen LogP contribution in [-0.2, 0) is 13.1 Å². The number of nitrogens with zero attached hydrogens (tertiary/aromatic N) is 1. The Balaban J connectivity index is 2.43. The summed E-state index contributed by atoms with van der Waals surface area (Å²) in [5.74, 6) is 0. The number of hydrogen-bond donors (Lipinski definition) is 1. The highest BCUT2D eigenvalue weighted by Gasteiger charge is 2.09. The average Bonchev–Trinajstić information content (AvgIpc) is 2.56. The molecule has 2 nitrogen and oxygen atoms in total. The smallest absolute Gasteiger partial charge is 0.0575 e. The summed E-state index contributed by atoms with van der Waals surface area (Å²) in [6.45, 7) is 3.11. The Morgan fingerprint density at radius 1 is 1.46 bits per heavy atom. The summed E-state index contributed by atoms with van der Waals surface area (Å²) < 4.78 is 2.36. The van der Waals surface area contributed by atoms with Crippen molar-refractivity contribution in [2.75, 3.05) is 6.54 Å². The molecule has 0 aromatic carbocycles. The molecule has 0 bridgehead atoms. The summed E-state index contributed by atoms with van der Waals surface area (Å²) in [4.78, 5) is 0. The van der Waals surface area contributed by atoms with Gasteiger partial charge in [0, 0.05) is 25.3 Å². The van der Waals surface area contributed by atoms with Gasteiger partial charge in [0.25, 0.3) is 0 Å². The van der Waals surface area contributed by atoms with Crippen molar-refractivity contribution in [3.05, 3.63) is 34.1 Å². The van der Waals surface area contributed by atoms with E-state index in [4.69, 9.17) is 0 Å². The fourth-order valence-corrected chi connectivity index (χ4v) is 1.96. The second-order valence-electron chi connectivity index (χ2n) is 3.37. The standard InChI is InChI=1S/C11H10N2/c1-2-4-11-9(3-1)7-10-8-12-5-6-13(10)11/h2,4,7,12H,5-6,8H2. The number of rotatable bonds is 0. The number of aromatic nitrogens is 1. The number of hydrogen-bond acceptors (Lipinski definition) is 1. The fourth-order valence-electron chi connectivity index (χ4n) is 1.96. The first-order valence-electron chi connectivity index (χ1n) is 4.56. The molecule has 2 heterocycles. The van der Waals surface area contributed by atoms with Gasteiger partial charge in [-0.15, -0.1) is 0 Å². The van der Waals surface area contributed by atoms with Gasteiger partial charge in [-0.2, -0.15) is 0 Å². The normalized spacial score (nSPS) is 17.2. The average molecular weight is 170 g/mol. The Labute approximate surface area is 76.2 Å². The lowest BCUT2D eigenvalue weighted by Crippen LogP contribution is -2.36. The summed E-state index contributed by atoms with van der Waals surface area (Å²) in [5.41, 5.74) is 7.48. The molecular weight excluding hydrogens is 160 g/mol. The maximum Gasteiger partial charge on any atom is 0.0575 e. The van der Waals surface area contributed by atoms with Crippen molar-refractivity contribution in [1.82, 2.24) is 9.88 Å². The van der Waals surface area contributed by atoms with E-state index in [-0.39, 0.29) is 0 Å². The van der Waals surface area contributed by atoms with E-state index in [2.05, 4.69) is 33.5 Å². The van der Waals surface area contributed by atoms with Crippen LogP contribution >= 0.6 is 0 Å². The van der Waals surface area contributed by atoms with Crippen LogP contribution in [0.15, 0.2) is 17.9 Å². The molecule has 3 rings (SSSR count). The van der Waals surface area contributed by atoms with Crippen LogP contribution in [0.4, 0.5) is 0 Å². The molecule has 13 heavy (non-hydrogen) atoms. The van der Waals surface area contributed by atoms with Gasteiger partial charge in [0.05, 0.1) is 10.6 Å². The number of allylic oxidation sites excluding steroid dienone is 1. The van der Waals surface area contributed by atoms with Crippen molar-refractivity contribution in [2.24, 2.45) is 0 Å². The maximum absolute atomic E-state index is 3.36. The van der Waals surface area contributed by atoms with Gasteiger partial charge < -0.3 is 9.88 Å². The third-order valence-electron chi connectivity index (χ3n) is 2.57. The van der Waals surface area contributed by atoms with Crippen molar-refractivity contribution in [3.63, 3.8) is 0 Å². The van der Waals surface area contributed by atoms with Crippen LogP contribution in [0.3, 0.4) is 0 Å². The van der Waals surface area contributed by atoms with Crippen LogP contribution in [0.1, 0.15) is 5.69 Å². The molecule has 64 valence electrons. The molecule has 0 saturated carbocycles. The van der Waals surface area contributed by atoms with Crippen molar-refractivity contribution in [1.29, 1.82) is 0 Å². The molecule has 0 atom stereocenters. The van der Waals surface area contributed by atoms with Gasteiger partial charge in [0.15, 0.2) is 0 Å². The van der Waals surface area contributed by atoms with E-state index in [0.29, 0.717) is 0 Å². The largest absolute Gasteiger partial charge is 0.341 e. The molecule has 1 aliphatic carbocycles. The van der Waals surface area contributed by atoms with E-state index in [1.165, 1.54) is 16.3 Å². The molecule has 0 amide bonds. The van der Waals surface area contributed by atoms with Gasteiger partial charge in [-0.1, -0.05) is 11.5 Å². The van der Waals surface area contributed by atoms with E-state index in [1.54, 1.807) is 0 Å². The van der Waals surface area contributed by atoms with E-state index in [1.807, 2.05) is 6.08 Å². The lowest BCUT2D eigenvalue weighted by Gasteiger charge is -2.16. The number of fused-ring (bicyclic) bond motifs is 3.